The van der Waals surface area contributed by atoms with Crippen LogP contribution in [0.15, 0.2) is 29.6 Å². The van der Waals surface area contributed by atoms with Crippen LogP contribution in [-0.4, -0.2) is 65.5 Å². The molecular weight excluding hydrogens is 599 g/mol. The van der Waals surface area contributed by atoms with Gasteiger partial charge in [0, 0.05) is 49.7 Å². The molecule has 0 aliphatic carbocycles. The second kappa shape index (κ2) is 11.9. The van der Waals surface area contributed by atoms with Crippen molar-refractivity contribution in [2.75, 3.05) is 27.2 Å². The molecule has 1 saturated heterocycles. The summed E-state index contributed by atoms with van der Waals surface area (Å²) >= 11 is 1.47. The summed E-state index contributed by atoms with van der Waals surface area (Å²) in [6.07, 6.45) is -4.01. The Morgan fingerprint density at radius 1 is 1.19 bits per heavy atom. The van der Waals surface area contributed by atoms with Crippen LogP contribution in [0.3, 0.4) is 0 Å². The zero-order valence-electron chi connectivity index (χ0n) is 23.1. The lowest BCUT2D eigenvalue weighted by atomic mass is 9.97. The van der Waals surface area contributed by atoms with Crippen LogP contribution in [0.4, 0.5) is 13.2 Å². The molecule has 0 radical (unpaired) electrons. The van der Waals surface area contributed by atoms with Gasteiger partial charge in [-0.3, -0.25) is 9.48 Å². The fourth-order valence-electron chi connectivity index (χ4n) is 4.73. The van der Waals surface area contributed by atoms with Crippen molar-refractivity contribution in [2.24, 2.45) is 0 Å². The van der Waals surface area contributed by atoms with Gasteiger partial charge in [0.25, 0.3) is 0 Å². The number of likely N-dealkylation sites (tertiary alicyclic amines) is 1. The Bertz CT molecular complexity index is 1550. The van der Waals surface area contributed by atoms with Gasteiger partial charge in [-0.25, -0.2) is 4.98 Å². The molecular formula is C26H30F3N5O6S2. The molecule has 2 aromatic heterocycles. The summed E-state index contributed by atoms with van der Waals surface area (Å²) in [5.74, 6) is -0.000669. The number of alkyl halides is 3. The second-order valence-electron chi connectivity index (χ2n) is 10.3. The molecule has 4 heterocycles. The molecule has 1 unspecified atom stereocenters. The SMILES string of the molecule is Cc1cc(C(F)(F)F)nn1CC(=O)N1CCC(c2nc(C3OCc4cccc(OS(=O)(=O)N(C)C)c4CO3)cs2)CC1. The highest BCUT2D eigenvalue weighted by Gasteiger charge is 2.35. The third kappa shape index (κ3) is 6.62. The number of carbonyl (C=O) groups is 1. The van der Waals surface area contributed by atoms with Crippen LogP contribution in [0.2, 0.25) is 0 Å². The van der Waals surface area contributed by atoms with Gasteiger partial charge < -0.3 is 18.6 Å². The van der Waals surface area contributed by atoms with Gasteiger partial charge in [-0.1, -0.05) is 12.1 Å². The number of rotatable bonds is 7. The van der Waals surface area contributed by atoms with Gasteiger partial charge >= 0.3 is 16.5 Å². The number of hydrogen-bond acceptors (Lipinski definition) is 9. The number of hydrogen-bond donors (Lipinski definition) is 0. The van der Waals surface area contributed by atoms with Gasteiger partial charge in [-0.2, -0.15) is 31.0 Å². The Morgan fingerprint density at radius 2 is 1.90 bits per heavy atom. The van der Waals surface area contributed by atoms with E-state index in [1.165, 1.54) is 32.4 Å². The third-order valence-electron chi connectivity index (χ3n) is 7.18. The molecule has 2 aliphatic heterocycles. The third-order valence-corrected chi connectivity index (χ3v) is 9.49. The van der Waals surface area contributed by atoms with Crippen molar-refractivity contribution in [3.05, 3.63) is 62.9 Å². The molecule has 5 rings (SSSR count). The summed E-state index contributed by atoms with van der Waals surface area (Å²) in [6.45, 7) is 2.38. The van der Waals surface area contributed by atoms with Gasteiger partial charge in [0.15, 0.2) is 5.69 Å². The van der Waals surface area contributed by atoms with Crippen LogP contribution in [0.5, 0.6) is 5.75 Å². The van der Waals surface area contributed by atoms with E-state index in [2.05, 4.69) is 5.10 Å². The van der Waals surface area contributed by atoms with Gasteiger partial charge in [0.05, 0.1) is 18.2 Å². The molecule has 0 saturated carbocycles. The van der Waals surface area contributed by atoms with E-state index >= 15 is 0 Å². The number of piperidine rings is 1. The zero-order chi connectivity index (χ0) is 30.2. The van der Waals surface area contributed by atoms with Crippen LogP contribution in [0.25, 0.3) is 0 Å². The molecule has 1 fully saturated rings. The number of halogens is 3. The maximum Gasteiger partial charge on any atom is 0.435 e. The number of aryl methyl sites for hydroxylation is 1. The van der Waals surface area contributed by atoms with Crippen molar-refractivity contribution in [3.63, 3.8) is 0 Å². The van der Waals surface area contributed by atoms with E-state index in [9.17, 15) is 26.4 Å². The molecule has 2 aliphatic rings. The highest BCUT2D eigenvalue weighted by Crippen LogP contribution is 2.36. The second-order valence-corrected chi connectivity index (χ2v) is 12.9. The first-order valence-corrected chi connectivity index (χ1v) is 15.4. The fourth-order valence-corrected chi connectivity index (χ4v) is 6.25. The average Bonchev–Trinajstić information content (AvgIpc) is 3.50. The largest absolute Gasteiger partial charge is 0.435 e. The molecule has 228 valence electrons. The van der Waals surface area contributed by atoms with E-state index in [-0.39, 0.29) is 43.0 Å². The Balaban J connectivity index is 1.18. The van der Waals surface area contributed by atoms with Crippen LogP contribution >= 0.6 is 11.3 Å². The smallest absolute Gasteiger partial charge is 0.370 e. The Labute approximate surface area is 245 Å². The minimum Gasteiger partial charge on any atom is -0.370 e. The molecule has 0 N–H and O–H groups in total. The van der Waals surface area contributed by atoms with Gasteiger partial charge in [0.2, 0.25) is 12.2 Å². The Morgan fingerprint density at radius 3 is 2.57 bits per heavy atom. The molecule has 1 amide bonds. The number of carbonyl (C=O) groups excluding carboxylic acids is 1. The number of ether oxygens (including phenoxy) is 2. The highest BCUT2D eigenvalue weighted by molar-refractivity contribution is 7.84. The van der Waals surface area contributed by atoms with Crippen LogP contribution in [0, 0.1) is 6.92 Å². The first kappa shape index (κ1) is 30.4. The first-order valence-electron chi connectivity index (χ1n) is 13.1. The van der Waals surface area contributed by atoms with Crippen LogP contribution in [0.1, 0.15) is 58.3 Å². The maximum atomic E-state index is 13.0. The lowest BCUT2D eigenvalue weighted by Crippen LogP contribution is -2.40. The van der Waals surface area contributed by atoms with E-state index in [0.717, 1.165) is 25.6 Å². The summed E-state index contributed by atoms with van der Waals surface area (Å²) in [5.41, 5.74) is 1.19. The highest BCUT2D eigenvalue weighted by atomic mass is 32.2. The van der Waals surface area contributed by atoms with Crippen LogP contribution < -0.4 is 4.18 Å². The molecule has 1 aromatic carbocycles. The lowest BCUT2D eigenvalue weighted by molar-refractivity contribution is -0.155. The van der Waals surface area contributed by atoms with Gasteiger partial charge in [0.1, 0.15) is 18.0 Å². The predicted octanol–water partition coefficient (Wildman–Crippen LogP) is 4.00. The van der Waals surface area contributed by atoms with E-state index in [4.69, 9.17) is 18.6 Å². The van der Waals surface area contributed by atoms with E-state index in [1.54, 1.807) is 17.0 Å². The molecule has 3 aromatic rings. The van der Waals surface area contributed by atoms with E-state index in [0.29, 0.717) is 37.2 Å². The normalized spacial score (nSPS) is 18.6. The zero-order valence-corrected chi connectivity index (χ0v) is 24.8. The van der Waals surface area contributed by atoms with Gasteiger partial charge in [-0.15, -0.1) is 11.3 Å². The molecule has 16 heteroatoms. The summed E-state index contributed by atoms with van der Waals surface area (Å²) in [4.78, 5) is 19.2. The van der Waals surface area contributed by atoms with Crippen molar-refractivity contribution < 1.29 is 40.0 Å². The average molecular weight is 630 g/mol. The molecule has 1 atom stereocenters. The minimum atomic E-state index is -4.56. The fraction of sp³-hybridized carbons (Fsp3) is 0.500. The minimum absolute atomic E-state index is 0.0622. The van der Waals surface area contributed by atoms with Gasteiger partial charge in [-0.05, 0) is 37.5 Å². The standard InChI is InChI=1S/C26H30F3N5O6S2/c1-16-11-22(26(27,28)29)31-34(16)12-23(35)33-9-7-17(8-10-33)24-30-20(15-41-24)25-38-13-18-5-4-6-21(19(18)14-39-25)40-42(36,37)32(2)3/h4-6,11,15,17,25H,7-10,12-14H2,1-3H3. The van der Waals surface area contributed by atoms with Crippen molar-refractivity contribution in [3.8, 4) is 5.75 Å². The van der Waals surface area contributed by atoms with Crippen molar-refractivity contribution in [2.45, 2.75) is 57.9 Å². The summed E-state index contributed by atoms with van der Waals surface area (Å²) in [7, 11) is -1.18. The number of nitrogens with zero attached hydrogens (tertiary/aromatic N) is 5. The number of aromatic nitrogens is 3. The summed E-state index contributed by atoms with van der Waals surface area (Å²) in [6, 6.07) is 6.01. The maximum absolute atomic E-state index is 13.0. The first-order chi connectivity index (χ1) is 19.8. The number of thiazole rings is 1. The lowest BCUT2D eigenvalue weighted by Gasteiger charge is -2.31. The van der Waals surface area contributed by atoms with Crippen molar-refractivity contribution in [1.82, 2.24) is 24.0 Å². The Hall–Kier alpha value is -3.05. The summed E-state index contributed by atoms with van der Waals surface area (Å²) < 4.78 is 82.7. The van der Waals surface area contributed by atoms with E-state index in [1.807, 2.05) is 11.4 Å². The molecule has 42 heavy (non-hydrogen) atoms. The summed E-state index contributed by atoms with van der Waals surface area (Å²) in [5, 5.41) is 6.29. The van der Waals surface area contributed by atoms with Crippen molar-refractivity contribution >= 4 is 27.5 Å². The van der Waals surface area contributed by atoms with Crippen molar-refractivity contribution in [1.29, 1.82) is 0 Å². The topological polar surface area (TPSA) is 116 Å². The Kier molecular flexibility index (Phi) is 8.63. The number of benzene rings is 1. The monoisotopic (exact) mass is 629 g/mol. The molecule has 0 spiro atoms. The molecule has 0 bridgehead atoms. The molecule has 11 nitrogen and oxygen atoms in total. The van der Waals surface area contributed by atoms with E-state index < -0.39 is 28.5 Å². The number of amides is 1. The van der Waals surface area contributed by atoms with Crippen LogP contribution in [-0.2, 0) is 50.5 Å². The number of fused-ring (bicyclic) bond motifs is 1. The quantitative estimate of drug-likeness (QED) is 0.385. The predicted molar refractivity (Wildman–Crippen MR) is 145 cm³/mol.